The zero-order chi connectivity index (χ0) is 11.0. The first-order valence-corrected chi connectivity index (χ1v) is 4.36. The standard InChI is InChI=1S/C10H8N2O3/c1-7-2-3-10-8(4-7)5-9(12(14)15)6-11(10)13/h2-6H,1H3. The molecule has 0 saturated heterocycles. The number of aryl methyl sites for hydroxylation is 1. The van der Waals surface area contributed by atoms with Crippen LogP contribution in [0, 0.1) is 22.2 Å². The molecule has 1 aromatic carbocycles. The van der Waals surface area contributed by atoms with Crippen LogP contribution < -0.4 is 4.73 Å². The van der Waals surface area contributed by atoms with Crippen LogP contribution >= 0.6 is 0 Å². The van der Waals surface area contributed by atoms with E-state index in [1.165, 1.54) is 6.07 Å². The smallest absolute Gasteiger partial charge is 0.334 e. The van der Waals surface area contributed by atoms with E-state index in [0.29, 0.717) is 15.6 Å². The van der Waals surface area contributed by atoms with Crippen molar-refractivity contribution in [2.45, 2.75) is 6.92 Å². The molecule has 5 heteroatoms. The van der Waals surface area contributed by atoms with Gasteiger partial charge in [0.15, 0.2) is 0 Å². The monoisotopic (exact) mass is 204 g/mol. The fraction of sp³-hybridized carbons (Fsp3) is 0.100. The van der Waals surface area contributed by atoms with Gasteiger partial charge in [-0.3, -0.25) is 10.1 Å². The Bertz CT molecular complexity index is 552. The molecule has 0 aliphatic rings. The molecule has 2 aromatic rings. The van der Waals surface area contributed by atoms with Gasteiger partial charge in [-0.2, -0.15) is 4.73 Å². The van der Waals surface area contributed by atoms with Crippen LogP contribution in [-0.2, 0) is 0 Å². The summed E-state index contributed by atoms with van der Waals surface area (Å²) in [6, 6.07) is 6.59. The molecule has 0 aliphatic heterocycles. The molecule has 1 heterocycles. The maximum atomic E-state index is 11.4. The molecule has 2 rings (SSSR count). The number of aromatic nitrogens is 1. The molecule has 15 heavy (non-hydrogen) atoms. The van der Waals surface area contributed by atoms with Crippen molar-refractivity contribution in [2.75, 3.05) is 0 Å². The number of pyridine rings is 1. The molecular weight excluding hydrogens is 196 g/mol. The van der Waals surface area contributed by atoms with Gasteiger partial charge in [0.25, 0.3) is 6.20 Å². The minimum Gasteiger partial charge on any atom is -0.618 e. The van der Waals surface area contributed by atoms with Gasteiger partial charge in [0.05, 0.1) is 10.3 Å². The number of nitrogens with zero attached hydrogens (tertiary/aromatic N) is 2. The number of rotatable bonds is 1. The minimum atomic E-state index is -0.573. The molecule has 1 aromatic heterocycles. The zero-order valence-corrected chi connectivity index (χ0v) is 8.01. The second-order valence-corrected chi connectivity index (χ2v) is 3.34. The van der Waals surface area contributed by atoms with Crippen molar-refractivity contribution < 1.29 is 9.65 Å². The van der Waals surface area contributed by atoms with E-state index < -0.39 is 4.92 Å². The molecule has 0 bridgehead atoms. The molecule has 0 unspecified atom stereocenters. The van der Waals surface area contributed by atoms with E-state index >= 15 is 0 Å². The Kier molecular flexibility index (Phi) is 2.00. The lowest BCUT2D eigenvalue weighted by molar-refractivity contribution is -0.582. The number of hydrogen-bond donors (Lipinski definition) is 0. The molecule has 76 valence electrons. The summed E-state index contributed by atoms with van der Waals surface area (Å²) in [5.41, 5.74) is 1.21. The van der Waals surface area contributed by atoms with E-state index in [-0.39, 0.29) is 5.69 Å². The van der Waals surface area contributed by atoms with E-state index in [0.717, 1.165) is 11.8 Å². The van der Waals surface area contributed by atoms with Gasteiger partial charge in [-0.15, -0.1) is 0 Å². The summed E-state index contributed by atoms with van der Waals surface area (Å²) in [6.07, 6.45) is 0.970. The van der Waals surface area contributed by atoms with Crippen LogP contribution in [0.5, 0.6) is 0 Å². The highest BCUT2D eigenvalue weighted by Gasteiger charge is 2.14. The van der Waals surface area contributed by atoms with Crippen LogP contribution in [0.4, 0.5) is 5.69 Å². The number of hydrogen-bond acceptors (Lipinski definition) is 3. The third kappa shape index (κ3) is 1.59. The Labute approximate surface area is 85.3 Å². The summed E-state index contributed by atoms with van der Waals surface area (Å²) in [6.45, 7) is 1.87. The number of nitro groups is 1. The van der Waals surface area contributed by atoms with Crippen molar-refractivity contribution >= 4 is 16.6 Å². The predicted octanol–water partition coefficient (Wildman–Crippen LogP) is 1.69. The maximum absolute atomic E-state index is 11.4. The van der Waals surface area contributed by atoms with E-state index in [1.807, 2.05) is 6.92 Å². The molecule has 0 fully saturated rings. The first kappa shape index (κ1) is 9.39. The molecule has 0 aliphatic carbocycles. The average molecular weight is 204 g/mol. The van der Waals surface area contributed by atoms with Gasteiger partial charge < -0.3 is 5.21 Å². The van der Waals surface area contributed by atoms with Crippen LogP contribution in [-0.4, -0.2) is 4.92 Å². The van der Waals surface area contributed by atoms with Gasteiger partial charge in [-0.1, -0.05) is 11.6 Å². The van der Waals surface area contributed by atoms with Gasteiger partial charge in [-0.25, -0.2) is 0 Å². The lowest BCUT2D eigenvalue weighted by atomic mass is 10.1. The quantitative estimate of drug-likeness (QED) is 0.307. The summed E-state index contributed by atoms with van der Waals surface area (Å²) < 4.78 is 0.521. The van der Waals surface area contributed by atoms with E-state index in [1.54, 1.807) is 18.2 Å². The maximum Gasteiger partial charge on any atom is 0.334 e. The van der Waals surface area contributed by atoms with Gasteiger partial charge in [0, 0.05) is 12.1 Å². The Morgan fingerprint density at radius 3 is 2.73 bits per heavy atom. The molecule has 0 amide bonds. The third-order valence-electron chi connectivity index (χ3n) is 2.18. The Morgan fingerprint density at radius 2 is 2.07 bits per heavy atom. The lowest BCUT2D eigenvalue weighted by Gasteiger charge is -2.01. The van der Waals surface area contributed by atoms with Crippen molar-refractivity contribution in [1.29, 1.82) is 0 Å². The zero-order valence-electron chi connectivity index (χ0n) is 8.01. The second-order valence-electron chi connectivity index (χ2n) is 3.34. The van der Waals surface area contributed by atoms with Crippen molar-refractivity contribution in [3.05, 3.63) is 51.3 Å². The van der Waals surface area contributed by atoms with E-state index in [2.05, 4.69) is 0 Å². The topological polar surface area (TPSA) is 70.1 Å². The fourth-order valence-corrected chi connectivity index (χ4v) is 1.48. The Balaban J connectivity index is 2.79. The highest BCUT2D eigenvalue weighted by Crippen LogP contribution is 2.17. The first-order valence-electron chi connectivity index (χ1n) is 4.36. The largest absolute Gasteiger partial charge is 0.618 e. The van der Waals surface area contributed by atoms with Crippen molar-refractivity contribution in [1.82, 2.24) is 0 Å². The van der Waals surface area contributed by atoms with Crippen LogP contribution in [0.1, 0.15) is 5.56 Å². The highest BCUT2D eigenvalue weighted by molar-refractivity contribution is 5.78. The second kappa shape index (κ2) is 3.20. The Hall–Kier alpha value is -2.17. The fourth-order valence-electron chi connectivity index (χ4n) is 1.48. The summed E-state index contributed by atoms with van der Waals surface area (Å²) in [5, 5.41) is 22.5. The predicted molar refractivity (Wildman–Crippen MR) is 54.3 cm³/mol. The summed E-state index contributed by atoms with van der Waals surface area (Å²) in [4.78, 5) is 9.96. The normalized spacial score (nSPS) is 10.5. The van der Waals surface area contributed by atoms with Gasteiger partial charge in [-0.05, 0) is 13.0 Å². The molecule has 0 N–H and O–H groups in total. The summed E-state index contributed by atoms with van der Waals surface area (Å²) in [7, 11) is 0. The van der Waals surface area contributed by atoms with E-state index in [4.69, 9.17) is 0 Å². The van der Waals surface area contributed by atoms with Gasteiger partial charge in [0.2, 0.25) is 5.52 Å². The molecule has 0 saturated carbocycles. The third-order valence-corrected chi connectivity index (χ3v) is 2.18. The van der Waals surface area contributed by atoms with Crippen molar-refractivity contribution in [2.24, 2.45) is 0 Å². The molecule has 0 spiro atoms. The molecule has 0 radical (unpaired) electrons. The Morgan fingerprint density at radius 1 is 1.33 bits per heavy atom. The van der Waals surface area contributed by atoms with Gasteiger partial charge in [0.1, 0.15) is 0 Å². The first-order chi connectivity index (χ1) is 7.08. The minimum absolute atomic E-state index is 0.192. The van der Waals surface area contributed by atoms with Crippen LogP contribution in [0.2, 0.25) is 0 Å². The average Bonchev–Trinajstić information content (AvgIpc) is 2.16. The SMILES string of the molecule is Cc1ccc2c(c1)cc([N+](=O)[O-])c[n+]2[O-]. The van der Waals surface area contributed by atoms with Crippen molar-refractivity contribution in [3.8, 4) is 0 Å². The highest BCUT2D eigenvalue weighted by atomic mass is 16.6. The van der Waals surface area contributed by atoms with E-state index in [9.17, 15) is 15.3 Å². The van der Waals surface area contributed by atoms with Crippen LogP contribution in [0.3, 0.4) is 0 Å². The molecule has 5 nitrogen and oxygen atoms in total. The molecule has 0 atom stereocenters. The van der Waals surface area contributed by atoms with Crippen LogP contribution in [0.15, 0.2) is 30.5 Å². The summed E-state index contributed by atoms with van der Waals surface area (Å²) >= 11 is 0. The van der Waals surface area contributed by atoms with Gasteiger partial charge >= 0.3 is 5.69 Å². The number of fused-ring (bicyclic) bond motifs is 1. The summed E-state index contributed by atoms with van der Waals surface area (Å²) in [5.74, 6) is 0. The lowest BCUT2D eigenvalue weighted by Crippen LogP contribution is -2.26. The van der Waals surface area contributed by atoms with Crippen LogP contribution in [0.25, 0.3) is 10.9 Å². The van der Waals surface area contributed by atoms with Crippen molar-refractivity contribution in [3.63, 3.8) is 0 Å². The number of benzene rings is 1. The molecular formula is C10H8N2O3.